The molecule has 1 atom stereocenters. The van der Waals surface area contributed by atoms with Crippen LogP contribution in [0.1, 0.15) is 29.5 Å². The highest BCUT2D eigenvalue weighted by Crippen LogP contribution is 2.44. The van der Waals surface area contributed by atoms with Crippen LogP contribution in [0.25, 0.3) is 0 Å². The maximum atomic E-state index is 13.0. The van der Waals surface area contributed by atoms with E-state index in [1.807, 2.05) is 72.8 Å². The molecule has 0 fully saturated rings. The van der Waals surface area contributed by atoms with E-state index in [1.54, 1.807) is 0 Å². The van der Waals surface area contributed by atoms with E-state index in [9.17, 15) is 9.90 Å². The minimum Gasteiger partial charge on any atom is -0.511 e. The number of aliphatic hydroxyl groups is 1. The highest BCUT2D eigenvalue weighted by atomic mass is 35.5. The predicted molar refractivity (Wildman–Crippen MR) is 126 cm³/mol. The number of hydrogen-bond donors (Lipinski definition) is 1. The SMILES string of the molecule is O=C1OC(CCc2ccccc2)(c2ccccc2)CC(O)=C1SCc1ccccc1Cl. The summed E-state index contributed by atoms with van der Waals surface area (Å²) in [6, 6.07) is 27.3. The Labute approximate surface area is 191 Å². The lowest BCUT2D eigenvalue weighted by Crippen LogP contribution is -2.38. The van der Waals surface area contributed by atoms with Gasteiger partial charge in [0.15, 0.2) is 0 Å². The molecule has 0 spiro atoms. The van der Waals surface area contributed by atoms with Crippen LogP contribution >= 0.6 is 23.4 Å². The van der Waals surface area contributed by atoms with Gasteiger partial charge in [-0.2, -0.15) is 0 Å². The van der Waals surface area contributed by atoms with Crippen molar-refractivity contribution in [3.63, 3.8) is 0 Å². The predicted octanol–water partition coefficient (Wildman–Crippen LogP) is 6.82. The van der Waals surface area contributed by atoms with Crippen LogP contribution in [0, 0.1) is 0 Å². The Morgan fingerprint density at radius 1 is 0.935 bits per heavy atom. The van der Waals surface area contributed by atoms with Crippen LogP contribution < -0.4 is 0 Å². The molecule has 5 heteroatoms. The number of carbonyl (C=O) groups is 1. The van der Waals surface area contributed by atoms with Crippen LogP contribution in [0.5, 0.6) is 0 Å². The summed E-state index contributed by atoms with van der Waals surface area (Å²) in [5.74, 6) is 0.0687. The van der Waals surface area contributed by atoms with E-state index in [0.29, 0.717) is 17.2 Å². The Bertz CT molecular complexity index is 1080. The Morgan fingerprint density at radius 2 is 1.58 bits per heavy atom. The summed E-state index contributed by atoms with van der Waals surface area (Å²) in [5, 5.41) is 11.5. The number of aliphatic hydroxyl groups excluding tert-OH is 1. The summed E-state index contributed by atoms with van der Waals surface area (Å²) in [6.07, 6.45) is 1.57. The Balaban J connectivity index is 1.59. The van der Waals surface area contributed by atoms with Gasteiger partial charge in [-0.25, -0.2) is 4.79 Å². The molecule has 1 aliphatic heterocycles. The molecule has 31 heavy (non-hydrogen) atoms. The van der Waals surface area contributed by atoms with E-state index < -0.39 is 11.6 Å². The topological polar surface area (TPSA) is 46.5 Å². The Kier molecular flexibility index (Phi) is 6.69. The van der Waals surface area contributed by atoms with Crippen LogP contribution in [-0.4, -0.2) is 11.1 Å². The monoisotopic (exact) mass is 450 g/mol. The van der Waals surface area contributed by atoms with Crippen molar-refractivity contribution >= 4 is 29.3 Å². The lowest BCUT2D eigenvalue weighted by Gasteiger charge is -2.37. The minimum atomic E-state index is -0.896. The van der Waals surface area contributed by atoms with Gasteiger partial charge in [-0.15, -0.1) is 11.8 Å². The maximum absolute atomic E-state index is 13.0. The second-order valence-electron chi connectivity index (χ2n) is 7.57. The number of esters is 1. The first-order valence-corrected chi connectivity index (χ1v) is 11.5. The third kappa shape index (κ3) is 4.97. The van der Waals surface area contributed by atoms with Crippen molar-refractivity contribution in [2.24, 2.45) is 0 Å². The van der Waals surface area contributed by atoms with E-state index >= 15 is 0 Å². The number of thioether (sulfide) groups is 1. The van der Waals surface area contributed by atoms with E-state index in [1.165, 1.54) is 11.8 Å². The van der Waals surface area contributed by atoms with Crippen molar-refractivity contribution in [2.45, 2.75) is 30.6 Å². The smallest absolute Gasteiger partial charge is 0.348 e. The van der Waals surface area contributed by atoms with Crippen LogP contribution in [0.15, 0.2) is 95.6 Å². The summed E-state index contributed by atoms with van der Waals surface area (Å²) in [5.41, 5.74) is 2.07. The van der Waals surface area contributed by atoms with Crippen LogP contribution in [-0.2, 0) is 27.3 Å². The molecule has 158 valence electrons. The molecule has 1 unspecified atom stereocenters. The number of rotatable bonds is 7. The van der Waals surface area contributed by atoms with Crippen molar-refractivity contribution in [3.8, 4) is 0 Å². The number of halogens is 1. The molecule has 0 amide bonds. The number of benzene rings is 3. The van der Waals surface area contributed by atoms with Crippen molar-refractivity contribution in [2.75, 3.05) is 0 Å². The van der Waals surface area contributed by atoms with Gasteiger partial charge in [0.05, 0.1) is 6.42 Å². The molecule has 0 radical (unpaired) electrons. The molecule has 1 N–H and O–H groups in total. The molecule has 3 nitrogen and oxygen atoms in total. The standard InChI is InChI=1S/C26H23ClO3S/c27-22-14-8-7-11-20(22)18-31-24-23(28)17-26(30-25(24)29,21-12-5-2-6-13-21)16-15-19-9-3-1-4-10-19/h1-14,28H,15-18H2. The summed E-state index contributed by atoms with van der Waals surface area (Å²) in [7, 11) is 0. The number of hydrogen-bond acceptors (Lipinski definition) is 4. The van der Waals surface area contributed by atoms with E-state index in [0.717, 1.165) is 23.1 Å². The largest absolute Gasteiger partial charge is 0.511 e. The zero-order valence-corrected chi connectivity index (χ0v) is 18.5. The zero-order chi connectivity index (χ0) is 21.7. The molecule has 4 rings (SSSR count). The van der Waals surface area contributed by atoms with E-state index in [2.05, 4.69) is 12.1 Å². The van der Waals surface area contributed by atoms with Gasteiger partial charge in [0, 0.05) is 10.8 Å². The third-order valence-corrected chi connectivity index (χ3v) is 6.99. The van der Waals surface area contributed by atoms with Gasteiger partial charge < -0.3 is 9.84 Å². The molecule has 3 aromatic carbocycles. The molecule has 0 saturated heterocycles. The van der Waals surface area contributed by atoms with Crippen LogP contribution in [0.4, 0.5) is 0 Å². The van der Waals surface area contributed by atoms with Gasteiger partial charge in [0.2, 0.25) is 0 Å². The first-order valence-electron chi connectivity index (χ1n) is 10.2. The van der Waals surface area contributed by atoms with Gasteiger partial charge >= 0.3 is 5.97 Å². The fourth-order valence-electron chi connectivity index (χ4n) is 3.81. The molecule has 1 heterocycles. The number of ether oxygens (including phenoxy) is 1. The molecule has 1 aliphatic rings. The molecule has 3 aromatic rings. The highest BCUT2D eigenvalue weighted by Gasteiger charge is 2.43. The van der Waals surface area contributed by atoms with Gasteiger partial charge in [-0.1, -0.05) is 90.5 Å². The summed E-state index contributed by atoms with van der Waals surface area (Å²) in [6.45, 7) is 0. The summed E-state index contributed by atoms with van der Waals surface area (Å²) in [4.78, 5) is 13.3. The quantitative estimate of drug-likeness (QED) is 0.401. The van der Waals surface area contributed by atoms with Crippen molar-refractivity contribution in [1.82, 2.24) is 0 Å². The number of aryl methyl sites for hydroxylation is 1. The van der Waals surface area contributed by atoms with Gasteiger partial charge in [0.25, 0.3) is 0 Å². The normalized spacial score (nSPS) is 18.7. The molecule has 0 saturated carbocycles. The molecule has 0 bridgehead atoms. The highest BCUT2D eigenvalue weighted by molar-refractivity contribution is 8.03. The lowest BCUT2D eigenvalue weighted by atomic mass is 9.82. The first-order chi connectivity index (χ1) is 15.1. The summed E-state index contributed by atoms with van der Waals surface area (Å²) < 4.78 is 6.07. The number of carbonyl (C=O) groups excluding carboxylic acids is 1. The fourth-order valence-corrected chi connectivity index (χ4v) is 5.05. The zero-order valence-electron chi connectivity index (χ0n) is 17.0. The maximum Gasteiger partial charge on any atom is 0.348 e. The molecule has 0 aromatic heterocycles. The lowest BCUT2D eigenvalue weighted by molar-refractivity contribution is -0.160. The van der Waals surface area contributed by atoms with Gasteiger partial charge in [-0.05, 0) is 35.6 Å². The average molecular weight is 451 g/mol. The van der Waals surface area contributed by atoms with Crippen LogP contribution in [0.3, 0.4) is 0 Å². The minimum absolute atomic E-state index is 0.0743. The Morgan fingerprint density at radius 3 is 2.26 bits per heavy atom. The van der Waals surface area contributed by atoms with E-state index in [4.69, 9.17) is 16.3 Å². The molecular weight excluding hydrogens is 428 g/mol. The van der Waals surface area contributed by atoms with E-state index in [-0.39, 0.29) is 17.1 Å². The fraction of sp³-hybridized carbons (Fsp3) is 0.192. The second kappa shape index (κ2) is 9.63. The molecule has 0 aliphatic carbocycles. The number of cyclic esters (lactones) is 1. The first kappa shape index (κ1) is 21.5. The summed E-state index contributed by atoms with van der Waals surface area (Å²) >= 11 is 7.49. The van der Waals surface area contributed by atoms with Crippen molar-refractivity contribution in [3.05, 3.63) is 117 Å². The van der Waals surface area contributed by atoms with Gasteiger partial charge in [-0.3, -0.25) is 0 Å². The second-order valence-corrected chi connectivity index (χ2v) is 8.96. The average Bonchev–Trinajstić information content (AvgIpc) is 2.79. The van der Waals surface area contributed by atoms with Gasteiger partial charge in [0.1, 0.15) is 16.3 Å². The van der Waals surface area contributed by atoms with Crippen molar-refractivity contribution in [1.29, 1.82) is 0 Å². The third-order valence-electron chi connectivity index (χ3n) is 5.48. The molecular formula is C26H23ClO3S. The van der Waals surface area contributed by atoms with Crippen LogP contribution in [0.2, 0.25) is 5.02 Å². The Hall–Kier alpha value is -2.69. The van der Waals surface area contributed by atoms with Crippen molar-refractivity contribution < 1.29 is 14.6 Å².